The van der Waals surface area contributed by atoms with Crippen molar-refractivity contribution in [3.05, 3.63) is 65.7 Å². The van der Waals surface area contributed by atoms with Crippen molar-refractivity contribution in [1.29, 1.82) is 0 Å². The van der Waals surface area contributed by atoms with Crippen LogP contribution in [0.2, 0.25) is 0 Å². The van der Waals surface area contributed by atoms with Gasteiger partial charge in [-0.2, -0.15) is 0 Å². The predicted octanol–water partition coefficient (Wildman–Crippen LogP) is 6.15. The minimum Gasteiger partial charge on any atom is -0.362 e. The number of rotatable bonds is 6. The van der Waals surface area contributed by atoms with E-state index in [1.54, 1.807) is 0 Å². The van der Waals surface area contributed by atoms with Crippen molar-refractivity contribution in [2.24, 2.45) is 0 Å². The highest BCUT2D eigenvalue weighted by molar-refractivity contribution is 5.58. The largest absolute Gasteiger partial charge is 0.362 e. The van der Waals surface area contributed by atoms with Gasteiger partial charge in [0.2, 0.25) is 0 Å². The van der Waals surface area contributed by atoms with E-state index in [0.717, 1.165) is 0 Å². The quantitative estimate of drug-likeness (QED) is 0.579. The van der Waals surface area contributed by atoms with Crippen LogP contribution in [0.1, 0.15) is 63.1 Å². The molecule has 1 aliphatic rings. The molecular weight excluding hydrogens is 278 g/mol. The van der Waals surface area contributed by atoms with Crippen molar-refractivity contribution < 1.29 is 0 Å². The van der Waals surface area contributed by atoms with Gasteiger partial charge in [0.05, 0.1) is 6.04 Å². The third-order valence-electron chi connectivity index (χ3n) is 5.25. The highest BCUT2D eigenvalue weighted by atomic mass is 15.2. The lowest BCUT2D eigenvalue weighted by atomic mass is 9.90. The second-order valence-corrected chi connectivity index (χ2v) is 6.81. The Labute approximate surface area is 141 Å². The number of unbranched alkanes of at least 4 members (excludes halogenated alkanes) is 2. The lowest BCUT2D eigenvalue weighted by molar-refractivity contribution is 0.442. The van der Waals surface area contributed by atoms with Crippen molar-refractivity contribution in [1.82, 2.24) is 0 Å². The first-order valence-corrected chi connectivity index (χ1v) is 9.22. The van der Waals surface area contributed by atoms with Gasteiger partial charge in [0.25, 0.3) is 0 Å². The highest BCUT2D eigenvalue weighted by Crippen LogP contribution is 2.38. The molecule has 0 fully saturated rings. The molecule has 0 aromatic heterocycles. The Morgan fingerprint density at radius 3 is 2.52 bits per heavy atom. The van der Waals surface area contributed by atoms with Gasteiger partial charge < -0.3 is 4.90 Å². The van der Waals surface area contributed by atoms with E-state index >= 15 is 0 Å². The van der Waals surface area contributed by atoms with E-state index in [9.17, 15) is 0 Å². The van der Waals surface area contributed by atoms with Crippen LogP contribution in [0.4, 0.5) is 5.69 Å². The molecule has 1 nitrogen and oxygen atoms in total. The minimum absolute atomic E-state index is 0.435. The topological polar surface area (TPSA) is 3.24 Å². The molecule has 0 saturated carbocycles. The van der Waals surface area contributed by atoms with Gasteiger partial charge in [-0.05, 0) is 43.4 Å². The molecule has 0 bridgehead atoms. The molecule has 0 aliphatic carbocycles. The van der Waals surface area contributed by atoms with E-state index < -0.39 is 0 Å². The van der Waals surface area contributed by atoms with E-state index in [0.29, 0.717) is 12.1 Å². The second kappa shape index (κ2) is 7.68. The van der Waals surface area contributed by atoms with Gasteiger partial charge in [-0.3, -0.25) is 0 Å². The lowest BCUT2D eigenvalue weighted by Crippen LogP contribution is -2.41. The summed E-state index contributed by atoms with van der Waals surface area (Å²) in [7, 11) is 0. The first-order chi connectivity index (χ1) is 11.3. The SMILES string of the molecule is CCCCC[C@@H]1CCc2ccccc2N1[C@H](C)c1ccccc1. The summed E-state index contributed by atoms with van der Waals surface area (Å²) in [4.78, 5) is 2.70. The third-order valence-corrected chi connectivity index (χ3v) is 5.25. The number of nitrogens with zero attached hydrogens (tertiary/aromatic N) is 1. The summed E-state index contributed by atoms with van der Waals surface area (Å²) in [6.45, 7) is 4.66. The summed E-state index contributed by atoms with van der Waals surface area (Å²) in [5.41, 5.74) is 4.39. The van der Waals surface area contributed by atoms with Crippen LogP contribution in [0.25, 0.3) is 0 Å². The zero-order chi connectivity index (χ0) is 16.1. The molecule has 1 heterocycles. The molecule has 2 aromatic carbocycles. The summed E-state index contributed by atoms with van der Waals surface area (Å²) in [6.07, 6.45) is 7.84. The zero-order valence-corrected chi connectivity index (χ0v) is 14.5. The molecule has 3 rings (SSSR count). The number of aryl methyl sites for hydroxylation is 1. The average molecular weight is 307 g/mol. The van der Waals surface area contributed by atoms with Gasteiger partial charge in [-0.25, -0.2) is 0 Å². The molecule has 2 aromatic rings. The Hall–Kier alpha value is -1.76. The molecule has 0 radical (unpaired) electrons. The fourth-order valence-corrected chi connectivity index (χ4v) is 3.96. The standard InChI is InChI=1S/C22H29N/c1-3-4-6-14-21-17-16-20-13-9-10-15-22(20)23(21)18(2)19-11-7-5-8-12-19/h5,7-13,15,18,21H,3-4,6,14,16-17H2,1-2H3/t18-,21-/m1/s1. The molecule has 0 amide bonds. The van der Waals surface area contributed by atoms with Crippen molar-refractivity contribution in [3.63, 3.8) is 0 Å². The summed E-state index contributed by atoms with van der Waals surface area (Å²) < 4.78 is 0. The fourth-order valence-electron chi connectivity index (χ4n) is 3.96. The number of hydrogen-bond acceptors (Lipinski definition) is 1. The van der Waals surface area contributed by atoms with Gasteiger partial charge in [0.1, 0.15) is 0 Å². The molecule has 0 saturated heterocycles. The van der Waals surface area contributed by atoms with Crippen molar-refractivity contribution >= 4 is 5.69 Å². The van der Waals surface area contributed by atoms with E-state index in [-0.39, 0.29) is 0 Å². The normalized spacial score (nSPS) is 18.5. The Morgan fingerprint density at radius 2 is 1.74 bits per heavy atom. The van der Waals surface area contributed by atoms with Gasteiger partial charge in [0, 0.05) is 11.7 Å². The van der Waals surface area contributed by atoms with Crippen LogP contribution in [0.3, 0.4) is 0 Å². The van der Waals surface area contributed by atoms with Crippen LogP contribution in [-0.4, -0.2) is 6.04 Å². The smallest absolute Gasteiger partial charge is 0.0517 e. The van der Waals surface area contributed by atoms with Gasteiger partial charge in [-0.1, -0.05) is 74.7 Å². The van der Waals surface area contributed by atoms with Crippen LogP contribution in [0, 0.1) is 0 Å². The van der Waals surface area contributed by atoms with Crippen LogP contribution in [0.15, 0.2) is 54.6 Å². The molecule has 2 atom stereocenters. The van der Waals surface area contributed by atoms with E-state index in [1.807, 2.05) is 0 Å². The van der Waals surface area contributed by atoms with Crippen molar-refractivity contribution in [2.45, 2.75) is 64.5 Å². The molecular formula is C22H29N. The lowest BCUT2D eigenvalue weighted by Gasteiger charge is -2.43. The zero-order valence-electron chi connectivity index (χ0n) is 14.5. The summed E-state index contributed by atoms with van der Waals surface area (Å²) in [5.74, 6) is 0. The van der Waals surface area contributed by atoms with Gasteiger partial charge in [-0.15, -0.1) is 0 Å². The Kier molecular flexibility index (Phi) is 5.38. The predicted molar refractivity (Wildman–Crippen MR) is 100 cm³/mol. The molecule has 23 heavy (non-hydrogen) atoms. The van der Waals surface area contributed by atoms with Crippen LogP contribution >= 0.6 is 0 Å². The number of hydrogen-bond donors (Lipinski definition) is 0. The summed E-state index contributed by atoms with van der Waals surface area (Å²) in [5, 5.41) is 0. The number of anilines is 1. The monoisotopic (exact) mass is 307 g/mol. The Bertz CT molecular complexity index is 604. The van der Waals surface area contributed by atoms with Gasteiger partial charge >= 0.3 is 0 Å². The molecule has 122 valence electrons. The van der Waals surface area contributed by atoms with Crippen LogP contribution < -0.4 is 4.90 Å². The van der Waals surface area contributed by atoms with Crippen LogP contribution in [0.5, 0.6) is 0 Å². The van der Waals surface area contributed by atoms with E-state index in [4.69, 9.17) is 0 Å². The van der Waals surface area contributed by atoms with E-state index in [1.165, 1.54) is 55.3 Å². The Morgan fingerprint density at radius 1 is 1.00 bits per heavy atom. The third kappa shape index (κ3) is 3.60. The summed E-state index contributed by atoms with van der Waals surface area (Å²) in [6, 6.07) is 21.1. The maximum Gasteiger partial charge on any atom is 0.0517 e. The Balaban J connectivity index is 1.89. The van der Waals surface area contributed by atoms with Crippen molar-refractivity contribution in [2.75, 3.05) is 4.90 Å². The maximum absolute atomic E-state index is 2.70. The minimum atomic E-state index is 0.435. The highest BCUT2D eigenvalue weighted by Gasteiger charge is 2.29. The first-order valence-electron chi connectivity index (χ1n) is 9.22. The number of benzene rings is 2. The van der Waals surface area contributed by atoms with Crippen molar-refractivity contribution in [3.8, 4) is 0 Å². The average Bonchev–Trinajstić information content (AvgIpc) is 2.62. The molecule has 0 N–H and O–H groups in total. The number of para-hydroxylation sites is 1. The molecule has 1 heteroatoms. The first kappa shape index (κ1) is 16.1. The molecule has 1 aliphatic heterocycles. The second-order valence-electron chi connectivity index (χ2n) is 6.81. The summed E-state index contributed by atoms with van der Waals surface area (Å²) >= 11 is 0. The number of fused-ring (bicyclic) bond motifs is 1. The van der Waals surface area contributed by atoms with E-state index in [2.05, 4.69) is 73.3 Å². The van der Waals surface area contributed by atoms with Gasteiger partial charge in [0.15, 0.2) is 0 Å². The molecule has 0 unspecified atom stereocenters. The van der Waals surface area contributed by atoms with Crippen LogP contribution in [-0.2, 0) is 6.42 Å². The maximum atomic E-state index is 2.70. The fraction of sp³-hybridized carbons (Fsp3) is 0.455. The molecule has 0 spiro atoms.